The van der Waals surface area contributed by atoms with Gasteiger partial charge in [0.1, 0.15) is 5.65 Å². The minimum atomic E-state index is -0.901. The Morgan fingerprint density at radius 2 is 1.95 bits per heavy atom. The molecule has 22 heavy (non-hydrogen) atoms. The van der Waals surface area contributed by atoms with E-state index in [1.165, 1.54) is 56.8 Å². The Balaban J connectivity index is 1.72. The third-order valence-corrected chi connectivity index (χ3v) is 5.14. The normalized spacial score (nSPS) is 19.6. The van der Waals surface area contributed by atoms with Crippen molar-refractivity contribution in [2.45, 2.75) is 57.4 Å². The lowest BCUT2D eigenvalue weighted by atomic mass is 9.86. The van der Waals surface area contributed by atoms with E-state index in [4.69, 9.17) is 5.11 Å². The summed E-state index contributed by atoms with van der Waals surface area (Å²) >= 11 is 0. The summed E-state index contributed by atoms with van der Waals surface area (Å²) in [6.45, 7) is 0. The van der Waals surface area contributed by atoms with E-state index in [2.05, 4.69) is 15.6 Å². The average Bonchev–Trinajstić information content (AvgIpc) is 3.29. The fourth-order valence-electron chi connectivity index (χ4n) is 3.87. The predicted molar refractivity (Wildman–Crippen MR) is 85.2 cm³/mol. The Hall–Kier alpha value is -1.84. The second-order valence-corrected chi connectivity index (χ2v) is 6.89. The summed E-state index contributed by atoms with van der Waals surface area (Å²) in [6.07, 6.45) is 11.8. The second-order valence-electron chi connectivity index (χ2n) is 6.89. The molecular formula is C18H22N2O2. The lowest BCUT2D eigenvalue weighted by Crippen LogP contribution is -2.12. The van der Waals surface area contributed by atoms with Gasteiger partial charge < -0.3 is 9.67 Å². The summed E-state index contributed by atoms with van der Waals surface area (Å²) in [5.74, 6) is -0.114. The number of carbonyl (C=O) groups is 1. The molecule has 0 unspecified atom stereocenters. The van der Waals surface area contributed by atoms with Crippen molar-refractivity contribution in [3.05, 3.63) is 29.6 Å². The van der Waals surface area contributed by atoms with Crippen LogP contribution in [-0.2, 0) is 6.42 Å². The molecule has 0 radical (unpaired) electrons. The highest BCUT2D eigenvalue weighted by molar-refractivity contribution is 5.92. The van der Waals surface area contributed by atoms with Crippen LogP contribution in [0, 0.1) is 5.92 Å². The largest absolute Gasteiger partial charge is 0.478 e. The van der Waals surface area contributed by atoms with Crippen LogP contribution in [0.2, 0.25) is 0 Å². The number of hydrogen-bond acceptors (Lipinski definition) is 2. The molecule has 2 heterocycles. The number of rotatable bonds is 4. The summed E-state index contributed by atoms with van der Waals surface area (Å²) < 4.78 is 2.38. The van der Waals surface area contributed by atoms with Crippen LogP contribution in [0.4, 0.5) is 0 Å². The van der Waals surface area contributed by atoms with Crippen LogP contribution >= 0.6 is 0 Å². The van der Waals surface area contributed by atoms with Gasteiger partial charge >= 0.3 is 5.97 Å². The van der Waals surface area contributed by atoms with Gasteiger partial charge in [-0.2, -0.15) is 0 Å². The molecule has 0 amide bonds. The maximum Gasteiger partial charge on any atom is 0.337 e. The molecule has 2 aliphatic carbocycles. The molecule has 4 heteroatoms. The Morgan fingerprint density at radius 1 is 1.18 bits per heavy atom. The summed E-state index contributed by atoms with van der Waals surface area (Å²) in [5, 5.41) is 10.1. The highest BCUT2D eigenvalue weighted by Gasteiger charge is 2.29. The van der Waals surface area contributed by atoms with Crippen molar-refractivity contribution in [1.29, 1.82) is 0 Å². The number of fused-ring (bicyclic) bond motifs is 1. The van der Waals surface area contributed by atoms with E-state index in [0.29, 0.717) is 6.04 Å². The van der Waals surface area contributed by atoms with E-state index >= 15 is 0 Å². The molecular weight excluding hydrogens is 276 g/mol. The Morgan fingerprint density at radius 3 is 2.64 bits per heavy atom. The van der Waals surface area contributed by atoms with E-state index in [1.807, 2.05) is 0 Å². The van der Waals surface area contributed by atoms with Crippen LogP contribution in [0.15, 0.2) is 18.3 Å². The highest BCUT2D eigenvalue weighted by atomic mass is 16.4. The number of pyridine rings is 1. The van der Waals surface area contributed by atoms with Crippen LogP contribution in [-0.4, -0.2) is 20.6 Å². The average molecular weight is 298 g/mol. The summed E-state index contributed by atoms with van der Waals surface area (Å²) in [4.78, 5) is 15.6. The van der Waals surface area contributed by atoms with Crippen molar-refractivity contribution >= 4 is 17.0 Å². The first-order valence-electron chi connectivity index (χ1n) is 8.45. The minimum absolute atomic E-state index is 0.282. The molecule has 0 saturated heterocycles. The van der Waals surface area contributed by atoms with Gasteiger partial charge in [0.05, 0.1) is 5.56 Å². The molecule has 0 spiro atoms. The predicted octanol–water partition coefficient (Wildman–Crippen LogP) is 4.19. The summed E-state index contributed by atoms with van der Waals surface area (Å²) in [6, 6.07) is 4.54. The van der Waals surface area contributed by atoms with E-state index in [1.54, 1.807) is 6.07 Å². The molecule has 2 saturated carbocycles. The minimum Gasteiger partial charge on any atom is -0.478 e. The van der Waals surface area contributed by atoms with Crippen molar-refractivity contribution in [3.63, 3.8) is 0 Å². The number of hydrogen-bond donors (Lipinski definition) is 1. The molecule has 4 rings (SSSR count). The molecule has 0 aromatic carbocycles. The van der Waals surface area contributed by atoms with E-state index in [0.717, 1.165) is 23.4 Å². The van der Waals surface area contributed by atoms with E-state index in [-0.39, 0.29) is 5.56 Å². The van der Waals surface area contributed by atoms with Crippen LogP contribution in [0.3, 0.4) is 0 Å². The molecule has 0 atom stereocenters. The molecule has 2 aromatic rings. The van der Waals surface area contributed by atoms with Crippen LogP contribution < -0.4 is 0 Å². The van der Waals surface area contributed by atoms with Gasteiger partial charge in [-0.3, -0.25) is 0 Å². The first-order chi connectivity index (χ1) is 10.7. The van der Waals surface area contributed by atoms with E-state index < -0.39 is 5.97 Å². The van der Waals surface area contributed by atoms with Gasteiger partial charge in [0.2, 0.25) is 0 Å². The van der Waals surface area contributed by atoms with Gasteiger partial charge in [-0.05, 0) is 37.3 Å². The molecule has 4 nitrogen and oxygen atoms in total. The smallest absolute Gasteiger partial charge is 0.337 e. The standard InChI is InChI=1S/C18H22N2O2/c21-18(22)14-9-13-10-16(8-12-4-2-1-3-5-12)20(15-6-7-15)17(13)19-11-14/h9-12,15H,1-8H2,(H,21,22). The molecule has 0 bridgehead atoms. The van der Waals surface area contributed by atoms with Crippen LogP contribution in [0.25, 0.3) is 11.0 Å². The maximum atomic E-state index is 11.2. The molecule has 2 aliphatic rings. The number of nitrogens with zero attached hydrogens (tertiary/aromatic N) is 2. The zero-order valence-electron chi connectivity index (χ0n) is 12.8. The zero-order valence-corrected chi connectivity index (χ0v) is 12.8. The second kappa shape index (κ2) is 5.41. The third kappa shape index (κ3) is 2.51. The van der Waals surface area contributed by atoms with Gasteiger partial charge in [0.25, 0.3) is 0 Å². The molecule has 0 aliphatic heterocycles. The fraction of sp³-hybridized carbons (Fsp3) is 0.556. The third-order valence-electron chi connectivity index (χ3n) is 5.14. The maximum absolute atomic E-state index is 11.2. The van der Waals surface area contributed by atoms with Crippen LogP contribution in [0.1, 0.15) is 67.0 Å². The Kier molecular flexibility index (Phi) is 3.40. The SMILES string of the molecule is O=C(O)c1cnc2c(c1)cc(CC1CCCCC1)n2C1CC1. The monoisotopic (exact) mass is 298 g/mol. The van der Waals surface area contributed by atoms with Gasteiger partial charge in [-0.25, -0.2) is 9.78 Å². The summed E-state index contributed by atoms with van der Waals surface area (Å²) in [5.41, 5.74) is 2.61. The first kappa shape index (κ1) is 13.8. The molecule has 2 fully saturated rings. The van der Waals surface area contributed by atoms with Gasteiger partial charge in [0.15, 0.2) is 0 Å². The quantitative estimate of drug-likeness (QED) is 0.920. The topological polar surface area (TPSA) is 55.1 Å². The zero-order chi connectivity index (χ0) is 15.1. The molecule has 1 N–H and O–H groups in total. The number of aromatic carboxylic acids is 1. The lowest BCUT2D eigenvalue weighted by molar-refractivity contribution is 0.0696. The van der Waals surface area contributed by atoms with Gasteiger partial charge in [-0.1, -0.05) is 32.1 Å². The van der Waals surface area contributed by atoms with E-state index in [9.17, 15) is 4.79 Å². The highest BCUT2D eigenvalue weighted by Crippen LogP contribution is 2.40. The number of aromatic nitrogens is 2. The van der Waals surface area contributed by atoms with Crippen molar-refractivity contribution in [2.24, 2.45) is 5.92 Å². The van der Waals surface area contributed by atoms with Crippen molar-refractivity contribution in [3.8, 4) is 0 Å². The summed E-state index contributed by atoms with van der Waals surface area (Å²) in [7, 11) is 0. The number of carboxylic acids is 1. The number of carboxylic acid groups (broad SMARTS) is 1. The first-order valence-corrected chi connectivity index (χ1v) is 8.45. The molecule has 2 aromatic heterocycles. The van der Waals surface area contributed by atoms with Crippen LogP contribution in [0.5, 0.6) is 0 Å². The van der Waals surface area contributed by atoms with Crippen molar-refractivity contribution < 1.29 is 9.90 Å². The van der Waals surface area contributed by atoms with Crippen molar-refractivity contribution in [1.82, 2.24) is 9.55 Å². The Bertz CT molecular complexity index is 709. The lowest BCUT2D eigenvalue weighted by Gasteiger charge is -2.22. The van der Waals surface area contributed by atoms with Gasteiger partial charge in [0, 0.05) is 23.3 Å². The fourth-order valence-corrected chi connectivity index (χ4v) is 3.87. The molecule has 116 valence electrons. The van der Waals surface area contributed by atoms with Gasteiger partial charge in [-0.15, -0.1) is 0 Å². The van der Waals surface area contributed by atoms with Crippen molar-refractivity contribution in [2.75, 3.05) is 0 Å². The Labute approximate surface area is 130 Å².